The maximum absolute atomic E-state index is 12.4. The van der Waals surface area contributed by atoms with Gasteiger partial charge in [-0.1, -0.05) is 41.9 Å². The zero-order valence-electron chi connectivity index (χ0n) is 14.8. The average molecular weight is 359 g/mol. The van der Waals surface area contributed by atoms with Crippen LogP contribution < -0.4 is 16.1 Å². The zero-order chi connectivity index (χ0) is 19.1. The molecule has 0 saturated heterocycles. The number of phenolic OH excluding ortho intramolecular Hbond substituents is 1. The predicted octanol–water partition coefficient (Wildman–Crippen LogP) is 1.31. The van der Waals surface area contributed by atoms with Crippen molar-refractivity contribution in [3.05, 3.63) is 64.7 Å². The van der Waals surface area contributed by atoms with Gasteiger partial charge in [0.2, 0.25) is 5.91 Å². The van der Waals surface area contributed by atoms with Crippen molar-refractivity contribution in [1.29, 1.82) is 0 Å². The van der Waals surface area contributed by atoms with Crippen LogP contribution in [0.3, 0.4) is 0 Å². The third-order valence-corrected chi connectivity index (χ3v) is 5.02. The van der Waals surface area contributed by atoms with Crippen molar-refractivity contribution < 1.29 is 14.7 Å². The molecule has 0 fully saturated rings. The highest BCUT2D eigenvalue weighted by Gasteiger charge is 2.33. The van der Waals surface area contributed by atoms with E-state index in [1.165, 1.54) is 13.0 Å². The van der Waals surface area contributed by atoms with E-state index in [0.717, 1.165) is 28.0 Å². The Morgan fingerprint density at radius 1 is 1.22 bits per heavy atom. The third kappa shape index (κ3) is 3.05. The van der Waals surface area contributed by atoms with Crippen LogP contribution >= 0.6 is 0 Å². The van der Waals surface area contributed by atoms with Crippen molar-refractivity contribution in [3.8, 4) is 5.75 Å². The van der Waals surface area contributed by atoms with Crippen molar-refractivity contribution in [2.75, 3.05) is 6.54 Å². The molecule has 0 aliphatic carbocycles. The lowest BCUT2D eigenvalue weighted by Gasteiger charge is -2.32. The number of carbonyl (C=O) groups is 2. The number of nitrogens with one attached hydrogen (secondary N) is 2. The first kappa shape index (κ1) is 17.2. The molecule has 4 rings (SSSR count). The first-order valence-corrected chi connectivity index (χ1v) is 8.67. The van der Waals surface area contributed by atoms with Crippen molar-refractivity contribution in [3.63, 3.8) is 0 Å². The first-order chi connectivity index (χ1) is 12.9. The molecule has 1 atom stereocenters. The number of benzene rings is 2. The van der Waals surface area contributed by atoms with E-state index < -0.39 is 6.04 Å². The van der Waals surface area contributed by atoms with Crippen molar-refractivity contribution in [2.45, 2.75) is 19.5 Å². The summed E-state index contributed by atoms with van der Waals surface area (Å²) in [5.74, 6) is -0.0517. The molecule has 7 heteroatoms. The lowest BCUT2D eigenvalue weighted by molar-refractivity contribution is -0.129. The summed E-state index contributed by atoms with van der Waals surface area (Å²) in [6.07, 6.45) is 0. The lowest BCUT2D eigenvalue weighted by Crippen LogP contribution is -2.45. The highest BCUT2D eigenvalue weighted by molar-refractivity contribution is 6.34. The van der Waals surface area contributed by atoms with Crippen LogP contribution in [0.2, 0.25) is 0 Å². The second-order valence-electron chi connectivity index (χ2n) is 6.78. The molecule has 134 valence electrons. The number of hydrogen-bond donors (Lipinski definition) is 3. The Labute approximate surface area is 158 Å². The minimum absolute atomic E-state index is 0.00946. The molecule has 2 heterocycles. The van der Waals surface area contributed by atoms with Gasteiger partial charge in [-0.05, 0) is 17.2 Å². The maximum Gasteiger partial charge on any atom is 0.320 e. The molecule has 3 N–H and O–H groups in total. The Morgan fingerprint density at radius 2 is 2.00 bits per heavy atom. The number of phenols is 1. The highest BCUT2D eigenvalue weighted by atomic mass is 16.3. The molecule has 2 aromatic carbocycles. The normalized spacial score (nSPS) is 18.8. The van der Waals surface area contributed by atoms with Gasteiger partial charge in [-0.25, -0.2) is 4.79 Å². The van der Waals surface area contributed by atoms with Gasteiger partial charge >= 0.3 is 6.03 Å². The first-order valence-electron chi connectivity index (χ1n) is 8.67. The van der Waals surface area contributed by atoms with Gasteiger partial charge in [-0.2, -0.15) is 0 Å². The van der Waals surface area contributed by atoms with E-state index >= 15 is 0 Å². The molecule has 27 heavy (non-hydrogen) atoms. The van der Waals surface area contributed by atoms with Gasteiger partial charge in [0.1, 0.15) is 13.6 Å². The molecule has 0 aromatic heterocycles. The summed E-state index contributed by atoms with van der Waals surface area (Å²) in [6.45, 7) is 2.38. The molecule has 2 aliphatic rings. The van der Waals surface area contributed by atoms with E-state index in [1.807, 2.05) is 24.3 Å². The van der Waals surface area contributed by atoms with Crippen LogP contribution in [0.25, 0.3) is 5.70 Å². The summed E-state index contributed by atoms with van der Waals surface area (Å²) < 4.78 is 0. The number of fused-ring (bicyclic) bond motifs is 2. The summed E-state index contributed by atoms with van der Waals surface area (Å²) >= 11 is 0. The Kier molecular flexibility index (Phi) is 4.14. The molecule has 0 saturated carbocycles. The number of nitrogens with zero attached hydrogens (tertiary/aromatic N) is 1. The molecule has 2 aliphatic heterocycles. The fourth-order valence-corrected chi connectivity index (χ4v) is 3.63. The molecule has 2 radical (unpaired) electrons. The molecular formula is C20H18BN3O3. The number of aromatic hydroxyl groups is 1. The molecule has 0 spiro atoms. The fourth-order valence-electron chi connectivity index (χ4n) is 3.63. The minimum Gasteiger partial charge on any atom is -0.509 e. The van der Waals surface area contributed by atoms with E-state index in [0.29, 0.717) is 13.1 Å². The van der Waals surface area contributed by atoms with E-state index in [9.17, 15) is 14.7 Å². The van der Waals surface area contributed by atoms with Crippen LogP contribution in [-0.4, -0.2) is 36.3 Å². The third-order valence-electron chi connectivity index (χ3n) is 5.02. The monoisotopic (exact) mass is 359 g/mol. The number of hydrogen-bond acceptors (Lipinski definition) is 3. The van der Waals surface area contributed by atoms with Crippen molar-refractivity contribution in [1.82, 2.24) is 15.5 Å². The molecule has 2 aromatic rings. The van der Waals surface area contributed by atoms with E-state index in [1.54, 1.807) is 17.0 Å². The van der Waals surface area contributed by atoms with Gasteiger partial charge < -0.3 is 20.6 Å². The van der Waals surface area contributed by atoms with Crippen LogP contribution in [-0.2, 0) is 11.3 Å². The summed E-state index contributed by atoms with van der Waals surface area (Å²) in [5.41, 5.74) is 4.46. The van der Waals surface area contributed by atoms with Crippen LogP contribution in [0.15, 0.2) is 48.0 Å². The number of amides is 3. The SMILES string of the molecule is [B]c1cc(C2NC(=O)NC3=C2CN(C(C)=O)Cc2ccccc23)ccc1O. The average Bonchev–Trinajstić information content (AvgIpc) is 2.81. The maximum atomic E-state index is 12.4. The van der Waals surface area contributed by atoms with Crippen LogP contribution in [0.1, 0.15) is 29.7 Å². The largest absolute Gasteiger partial charge is 0.509 e. The molecule has 6 nitrogen and oxygen atoms in total. The zero-order valence-corrected chi connectivity index (χ0v) is 14.8. The van der Waals surface area contributed by atoms with Gasteiger partial charge in [-0.15, -0.1) is 0 Å². The molecule has 0 bridgehead atoms. The second kappa shape index (κ2) is 6.50. The minimum atomic E-state index is -0.454. The van der Waals surface area contributed by atoms with Crippen LogP contribution in [0.5, 0.6) is 5.75 Å². The fraction of sp³-hybridized carbons (Fsp3) is 0.200. The molecule has 3 amide bonds. The van der Waals surface area contributed by atoms with E-state index in [-0.39, 0.29) is 23.2 Å². The number of urea groups is 1. The Morgan fingerprint density at radius 3 is 2.74 bits per heavy atom. The predicted molar refractivity (Wildman–Crippen MR) is 102 cm³/mol. The van der Waals surface area contributed by atoms with Gasteiger partial charge in [0.05, 0.1) is 11.7 Å². The summed E-state index contributed by atoms with van der Waals surface area (Å²) in [6, 6.07) is 11.8. The van der Waals surface area contributed by atoms with Crippen molar-refractivity contribution in [2.24, 2.45) is 0 Å². The number of carbonyl (C=O) groups excluding carboxylic acids is 2. The Bertz CT molecular complexity index is 986. The van der Waals surface area contributed by atoms with E-state index in [2.05, 4.69) is 10.6 Å². The number of rotatable bonds is 1. The Balaban J connectivity index is 1.90. The molecule has 1 unspecified atom stereocenters. The van der Waals surface area contributed by atoms with Gasteiger partial charge in [-0.3, -0.25) is 4.79 Å². The van der Waals surface area contributed by atoms with Gasteiger partial charge in [0.25, 0.3) is 0 Å². The quantitative estimate of drug-likeness (QED) is 0.672. The second-order valence-corrected chi connectivity index (χ2v) is 6.78. The van der Waals surface area contributed by atoms with Crippen LogP contribution in [0, 0.1) is 0 Å². The summed E-state index contributed by atoms with van der Waals surface area (Å²) in [7, 11) is 5.85. The lowest BCUT2D eigenvalue weighted by atomic mass is 9.87. The Hall–Kier alpha value is -3.22. The smallest absolute Gasteiger partial charge is 0.320 e. The topological polar surface area (TPSA) is 81.7 Å². The molecular weight excluding hydrogens is 341 g/mol. The summed E-state index contributed by atoms with van der Waals surface area (Å²) in [5, 5.41) is 15.6. The van der Waals surface area contributed by atoms with E-state index in [4.69, 9.17) is 7.85 Å². The van der Waals surface area contributed by atoms with Crippen molar-refractivity contribution >= 4 is 30.9 Å². The van der Waals surface area contributed by atoms with Gasteiger partial charge in [0.15, 0.2) is 0 Å². The van der Waals surface area contributed by atoms with Gasteiger partial charge in [0, 0.05) is 31.1 Å². The standard InChI is InChI=1S/C20H18BN3O3/c1-11(25)24-9-13-4-2-3-5-14(13)19-15(10-24)18(22-20(27)23-19)12-6-7-17(26)16(21)8-12/h2-8,18,26H,9-10H2,1H3,(H2,22,23,27). The highest BCUT2D eigenvalue weighted by Crippen LogP contribution is 2.35. The summed E-state index contributed by atoms with van der Waals surface area (Å²) in [4.78, 5) is 26.3. The van der Waals surface area contributed by atoms with Crippen LogP contribution in [0.4, 0.5) is 4.79 Å².